The summed E-state index contributed by atoms with van der Waals surface area (Å²) >= 11 is 0.585. The summed E-state index contributed by atoms with van der Waals surface area (Å²) in [5, 5.41) is 9.29. The van der Waals surface area contributed by atoms with Crippen molar-refractivity contribution in [1.82, 2.24) is 10.2 Å². The van der Waals surface area contributed by atoms with E-state index in [1.54, 1.807) is 31.2 Å². The SMILES string of the molecule is Cc1cccc(NS(=O)(=O)c2nnc(NC(=O)c3cccc(OC(F)(F)F)c3)s2)c1. The Balaban J connectivity index is 1.72. The first-order valence-corrected chi connectivity index (χ1v) is 10.4. The Morgan fingerprint density at radius 1 is 1.10 bits per heavy atom. The maximum atomic E-state index is 12.4. The van der Waals surface area contributed by atoms with Gasteiger partial charge in [-0.2, -0.15) is 8.42 Å². The Bertz CT molecular complexity index is 1180. The summed E-state index contributed by atoms with van der Waals surface area (Å²) in [5.41, 5.74) is 1.03. The minimum absolute atomic E-state index is 0.144. The molecule has 2 aromatic carbocycles. The van der Waals surface area contributed by atoms with Gasteiger partial charge >= 0.3 is 6.36 Å². The van der Waals surface area contributed by atoms with Gasteiger partial charge in [-0.15, -0.1) is 23.4 Å². The number of hydrogen-bond acceptors (Lipinski definition) is 7. The minimum atomic E-state index is -4.90. The van der Waals surface area contributed by atoms with Crippen LogP contribution >= 0.6 is 11.3 Å². The molecule has 0 aliphatic heterocycles. The van der Waals surface area contributed by atoms with Crippen LogP contribution in [0.2, 0.25) is 0 Å². The monoisotopic (exact) mass is 458 g/mol. The molecule has 30 heavy (non-hydrogen) atoms. The lowest BCUT2D eigenvalue weighted by atomic mass is 10.2. The van der Waals surface area contributed by atoms with Crippen LogP contribution in [0.1, 0.15) is 15.9 Å². The molecule has 2 N–H and O–H groups in total. The van der Waals surface area contributed by atoms with E-state index in [0.717, 1.165) is 17.7 Å². The highest BCUT2D eigenvalue weighted by Gasteiger charge is 2.31. The number of alkyl halides is 3. The molecular formula is C17H13F3N4O4S2. The molecule has 0 aliphatic carbocycles. The number of ether oxygens (including phenoxy) is 1. The summed E-state index contributed by atoms with van der Waals surface area (Å²) < 4.78 is 67.5. The summed E-state index contributed by atoms with van der Waals surface area (Å²) in [6, 6.07) is 11.0. The van der Waals surface area contributed by atoms with Gasteiger partial charge < -0.3 is 4.74 Å². The Morgan fingerprint density at radius 2 is 1.83 bits per heavy atom. The van der Waals surface area contributed by atoms with Crippen molar-refractivity contribution in [1.29, 1.82) is 0 Å². The number of carbonyl (C=O) groups excluding carboxylic acids is 1. The van der Waals surface area contributed by atoms with Crippen LogP contribution in [0.5, 0.6) is 5.75 Å². The normalized spacial score (nSPS) is 11.7. The predicted octanol–water partition coefficient (Wildman–Crippen LogP) is 3.80. The van der Waals surface area contributed by atoms with Gasteiger partial charge in [-0.25, -0.2) is 0 Å². The highest BCUT2D eigenvalue weighted by atomic mass is 32.2. The number of nitrogens with one attached hydrogen (secondary N) is 2. The van der Waals surface area contributed by atoms with Gasteiger partial charge in [-0.1, -0.05) is 29.5 Å². The number of amides is 1. The highest BCUT2D eigenvalue weighted by molar-refractivity contribution is 7.94. The number of nitrogens with zero attached hydrogens (tertiary/aromatic N) is 2. The van der Waals surface area contributed by atoms with Gasteiger partial charge in [0, 0.05) is 11.3 Å². The van der Waals surface area contributed by atoms with E-state index < -0.39 is 32.4 Å². The second kappa shape index (κ2) is 8.28. The number of halogens is 3. The molecule has 0 bridgehead atoms. The zero-order valence-corrected chi connectivity index (χ0v) is 16.7. The molecule has 0 unspecified atom stereocenters. The molecule has 8 nitrogen and oxygen atoms in total. The van der Waals surface area contributed by atoms with Crippen LogP contribution in [-0.2, 0) is 10.0 Å². The second-order valence-corrected chi connectivity index (χ2v) is 8.71. The summed E-state index contributed by atoms with van der Waals surface area (Å²) in [5.74, 6) is -1.38. The standard InChI is InChI=1S/C17H13F3N4O4S2/c1-10-4-2-6-12(8-10)24-30(26,27)16-23-22-15(29-16)21-14(25)11-5-3-7-13(9-11)28-17(18,19)20/h2-9,24H,1H3,(H,21,22,25). The van der Waals surface area contributed by atoms with Crippen molar-refractivity contribution >= 4 is 38.1 Å². The van der Waals surface area contributed by atoms with Gasteiger partial charge in [0.05, 0.1) is 0 Å². The lowest BCUT2D eigenvalue weighted by Gasteiger charge is -2.09. The quantitative estimate of drug-likeness (QED) is 0.544. The second-order valence-electron chi connectivity index (χ2n) is 5.88. The van der Waals surface area contributed by atoms with Crippen LogP contribution in [0.3, 0.4) is 0 Å². The average molecular weight is 458 g/mol. The van der Waals surface area contributed by atoms with E-state index in [1.165, 1.54) is 12.1 Å². The van der Waals surface area contributed by atoms with Crippen LogP contribution in [0.15, 0.2) is 52.9 Å². The van der Waals surface area contributed by atoms with Crippen LogP contribution in [-0.4, -0.2) is 30.9 Å². The maximum absolute atomic E-state index is 12.4. The third-order valence-electron chi connectivity index (χ3n) is 3.46. The largest absolute Gasteiger partial charge is 0.573 e. The van der Waals surface area contributed by atoms with Gasteiger partial charge in [-0.3, -0.25) is 14.8 Å². The van der Waals surface area contributed by atoms with E-state index in [2.05, 4.69) is 25.0 Å². The summed E-state index contributed by atoms with van der Waals surface area (Å²) in [6.45, 7) is 1.80. The first-order valence-electron chi connectivity index (χ1n) is 8.12. The molecule has 0 saturated heterocycles. The van der Waals surface area contributed by atoms with Crippen molar-refractivity contribution < 1.29 is 31.1 Å². The van der Waals surface area contributed by atoms with Crippen molar-refractivity contribution in [3.63, 3.8) is 0 Å². The Morgan fingerprint density at radius 3 is 2.53 bits per heavy atom. The Hall–Kier alpha value is -3.19. The number of sulfonamides is 1. The summed E-state index contributed by atoms with van der Waals surface area (Å²) in [6.07, 6.45) is -4.90. The fourth-order valence-corrected chi connectivity index (χ4v) is 4.23. The van der Waals surface area contributed by atoms with Crippen molar-refractivity contribution in [2.24, 2.45) is 0 Å². The van der Waals surface area contributed by atoms with E-state index in [4.69, 9.17) is 0 Å². The number of rotatable bonds is 6. The number of hydrogen-bond donors (Lipinski definition) is 2. The van der Waals surface area contributed by atoms with Crippen molar-refractivity contribution in [2.75, 3.05) is 10.0 Å². The molecule has 1 aromatic heterocycles. The van der Waals surface area contributed by atoms with E-state index in [0.29, 0.717) is 17.0 Å². The molecule has 3 rings (SSSR count). The van der Waals surface area contributed by atoms with Gasteiger partial charge in [0.2, 0.25) is 5.13 Å². The molecule has 1 heterocycles. The van der Waals surface area contributed by atoms with Gasteiger partial charge in [0.1, 0.15) is 5.75 Å². The third kappa shape index (κ3) is 5.67. The van der Waals surface area contributed by atoms with Crippen LogP contribution in [0, 0.1) is 6.92 Å². The van der Waals surface area contributed by atoms with Crippen molar-refractivity contribution in [3.05, 3.63) is 59.7 Å². The van der Waals surface area contributed by atoms with Crippen LogP contribution < -0.4 is 14.8 Å². The Kier molecular flexibility index (Phi) is 5.94. The zero-order chi connectivity index (χ0) is 21.9. The molecule has 0 spiro atoms. The first kappa shape index (κ1) is 21.5. The number of carbonyl (C=O) groups is 1. The smallest absolute Gasteiger partial charge is 0.406 e. The van der Waals surface area contributed by atoms with Crippen LogP contribution in [0.25, 0.3) is 0 Å². The summed E-state index contributed by atoms with van der Waals surface area (Å²) in [7, 11) is -4.04. The van der Waals surface area contributed by atoms with Crippen molar-refractivity contribution in [3.8, 4) is 5.75 Å². The van der Waals surface area contributed by atoms with Crippen molar-refractivity contribution in [2.45, 2.75) is 17.6 Å². The molecule has 0 saturated carbocycles. The first-order chi connectivity index (χ1) is 14.0. The van der Waals surface area contributed by atoms with E-state index in [-0.39, 0.29) is 10.7 Å². The average Bonchev–Trinajstić information content (AvgIpc) is 3.09. The molecule has 0 aliphatic rings. The molecule has 0 atom stereocenters. The summed E-state index contributed by atoms with van der Waals surface area (Å²) in [4.78, 5) is 12.2. The maximum Gasteiger partial charge on any atom is 0.573 e. The van der Waals surface area contributed by atoms with E-state index >= 15 is 0 Å². The van der Waals surface area contributed by atoms with Gasteiger partial charge in [0.25, 0.3) is 20.3 Å². The molecule has 3 aromatic rings. The Labute approximate surface area is 172 Å². The van der Waals surface area contributed by atoms with Gasteiger partial charge in [0.15, 0.2) is 0 Å². The molecular weight excluding hydrogens is 445 g/mol. The number of aromatic nitrogens is 2. The molecule has 158 valence electrons. The predicted molar refractivity (Wildman–Crippen MR) is 103 cm³/mol. The molecule has 1 amide bonds. The van der Waals surface area contributed by atoms with Gasteiger partial charge in [-0.05, 0) is 42.8 Å². The minimum Gasteiger partial charge on any atom is -0.406 e. The third-order valence-corrected chi connectivity index (χ3v) is 6.04. The number of anilines is 2. The molecule has 0 radical (unpaired) electrons. The fourth-order valence-electron chi connectivity index (χ4n) is 2.28. The zero-order valence-electron chi connectivity index (χ0n) is 15.1. The molecule has 13 heteroatoms. The lowest BCUT2D eigenvalue weighted by molar-refractivity contribution is -0.274. The van der Waals surface area contributed by atoms with Crippen LogP contribution in [0.4, 0.5) is 24.0 Å². The van der Waals surface area contributed by atoms with E-state index in [1.807, 2.05) is 0 Å². The topological polar surface area (TPSA) is 110 Å². The molecule has 0 fully saturated rings. The highest BCUT2D eigenvalue weighted by Crippen LogP contribution is 2.25. The number of aryl methyl sites for hydroxylation is 1. The lowest BCUT2D eigenvalue weighted by Crippen LogP contribution is -2.18. The number of benzene rings is 2. The fraction of sp³-hybridized carbons (Fsp3) is 0.118. The van der Waals surface area contributed by atoms with E-state index in [9.17, 15) is 26.4 Å².